The highest BCUT2D eigenvalue weighted by Gasteiger charge is 2.07. The van der Waals surface area contributed by atoms with Crippen LogP contribution in [-0.4, -0.2) is 21.0 Å². The molecular weight excluding hydrogens is 352 g/mol. The maximum absolute atomic E-state index is 10.8. The van der Waals surface area contributed by atoms with E-state index < -0.39 is 5.97 Å². The van der Waals surface area contributed by atoms with E-state index in [4.69, 9.17) is 5.11 Å². The molecule has 0 saturated heterocycles. The third kappa shape index (κ3) is 3.06. The Kier molecular flexibility index (Phi) is 3.90. The maximum Gasteiger partial charge on any atom is 0.335 e. The molecule has 6 heteroatoms. The number of carbonyl (C=O) groups is 1. The molecule has 0 atom stereocenters. The number of hydrogen-bond acceptors (Lipinski definition) is 4. The molecule has 104 valence electrons. The quantitative estimate of drug-likeness (QED) is 0.756. The summed E-state index contributed by atoms with van der Waals surface area (Å²) in [5.41, 5.74) is 1.92. The summed E-state index contributed by atoms with van der Waals surface area (Å²) < 4.78 is 0.885. The van der Waals surface area contributed by atoms with E-state index in [1.54, 1.807) is 36.7 Å². The normalized spacial score (nSPS) is 10.7. The minimum atomic E-state index is -0.924. The number of carboxylic acid groups (broad SMARTS) is 1. The summed E-state index contributed by atoms with van der Waals surface area (Å²) in [5, 5.41) is 8.90. The topological polar surface area (TPSA) is 63.1 Å². The Morgan fingerprint density at radius 3 is 2.62 bits per heavy atom. The van der Waals surface area contributed by atoms with Crippen molar-refractivity contribution >= 4 is 44.7 Å². The van der Waals surface area contributed by atoms with Crippen molar-refractivity contribution in [2.75, 3.05) is 0 Å². The van der Waals surface area contributed by atoms with Gasteiger partial charge >= 0.3 is 5.97 Å². The second kappa shape index (κ2) is 5.83. The standard InChI is InChI=1S/C15H9BrN2O2S/c16-10-7-12-14(18-8-10)13(5-6-17-12)21-11-3-1-9(2-4-11)15(19)20/h1-8H,(H,19,20). The molecule has 0 unspecified atom stereocenters. The van der Waals surface area contributed by atoms with Crippen LogP contribution in [0.1, 0.15) is 10.4 Å². The Hall–Kier alpha value is -1.92. The van der Waals surface area contributed by atoms with Gasteiger partial charge in [0.1, 0.15) is 5.52 Å². The Bertz CT molecular complexity index is 822. The van der Waals surface area contributed by atoms with Crippen molar-refractivity contribution in [2.24, 2.45) is 0 Å². The van der Waals surface area contributed by atoms with Crippen molar-refractivity contribution in [1.82, 2.24) is 9.97 Å². The van der Waals surface area contributed by atoms with Gasteiger partial charge in [0.15, 0.2) is 0 Å². The highest BCUT2D eigenvalue weighted by Crippen LogP contribution is 2.32. The number of aromatic nitrogens is 2. The Morgan fingerprint density at radius 1 is 1.14 bits per heavy atom. The smallest absolute Gasteiger partial charge is 0.335 e. The molecule has 1 aromatic carbocycles. The van der Waals surface area contributed by atoms with Gasteiger partial charge in [0.2, 0.25) is 0 Å². The molecule has 0 spiro atoms. The molecule has 21 heavy (non-hydrogen) atoms. The largest absolute Gasteiger partial charge is 0.478 e. The third-order valence-corrected chi connectivity index (χ3v) is 4.33. The second-order valence-corrected chi connectivity index (χ2v) is 6.29. The van der Waals surface area contributed by atoms with E-state index in [-0.39, 0.29) is 5.56 Å². The monoisotopic (exact) mass is 360 g/mol. The maximum atomic E-state index is 10.8. The minimum Gasteiger partial charge on any atom is -0.478 e. The predicted octanol–water partition coefficient (Wildman–Crippen LogP) is 4.24. The number of aromatic carboxylic acids is 1. The van der Waals surface area contributed by atoms with E-state index in [1.807, 2.05) is 12.1 Å². The van der Waals surface area contributed by atoms with Crippen LogP contribution in [0.4, 0.5) is 0 Å². The molecule has 0 aliphatic rings. The summed E-state index contributed by atoms with van der Waals surface area (Å²) in [5.74, 6) is -0.924. The van der Waals surface area contributed by atoms with E-state index >= 15 is 0 Å². The molecule has 2 heterocycles. The molecular formula is C15H9BrN2O2S. The SMILES string of the molecule is O=C(O)c1ccc(Sc2ccnc3cc(Br)cnc23)cc1. The fourth-order valence-electron chi connectivity index (χ4n) is 1.86. The zero-order valence-corrected chi connectivity index (χ0v) is 13.1. The number of benzene rings is 1. The van der Waals surface area contributed by atoms with Crippen molar-refractivity contribution in [3.8, 4) is 0 Å². The van der Waals surface area contributed by atoms with Gasteiger partial charge in [-0.15, -0.1) is 0 Å². The summed E-state index contributed by atoms with van der Waals surface area (Å²) >= 11 is 4.91. The highest BCUT2D eigenvalue weighted by atomic mass is 79.9. The lowest BCUT2D eigenvalue weighted by atomic mass is 10.2. The molecule has 3 aromatic rings. The zero-order valence-electron chi connectivity index (χ0n) is 10.7. The average Bonchev–Trinajstić information content (AvgIpc) is 2.47. The molecule has 0 radical (unpaired) electrons. The average molecular weight is 361 g/mol. The molecule has 1 N–H and O–H groups in total. The van der Waals surface area contributed by atoms with Gasteiger partial charge in [0.25, 0.3) is 0 Å². The molecule has 0 amide bonds. The first-order valence-electron chi connectivity index (χ1n) is 6.05. The summed E-state index contributed by atoms with van der Waals surface area (Å²) in [6.45, 7) is 0. The van der Waals surface area contributed by atoms with Crippen LogP contribution in [0.5, 0.6) is 0 Å². The van der Waals surface area contributed by atoms with Crippen molar-refractivity contribution in [1.29, 1.82) is 0 Å². The van der Waals surface area contributed by atoms with Crippen molar-refractivity contribution < 1.29 is 9.90 Å². The summed E-state index contributed by atoms with van der Waals surface area (Å²) in [6, 6.07) is 10.6. The highest BCUT2D eigenvalue weighted by molar-refractivity contribution is 9.10. The van der Waals surface area contributed by atoms with Gasteiger partial charge < -0.3 is 5.11 Å². The van der Waals surface area contributed by atoms with E-state index in [0.29, 0.717) is 0 Å². The molecule has 0 saturated carbocycles. The third-order valence-electron chi connectivity index (χ3n) is 2.84. The Morgan fingerprint density at radius 2 is 1.90 bits per heavy atom. The number of hydrogen-bond donors (Lipinski definition) is 1. The fourth-order valence-corrected chi connectivity index (χ4v) is 3.08. The predicted molar refractivity (Wildman–Crippen MR) is 84.8 cm³/mol. The van der Waals surface area contributed by atoms with Gasteiger partial charge in [0.05, 0.1) is 11.1 Å². The van der Waals surface area contributed by atoms with Gasteiger partial charge in [0, 0.05) is 26.7 Å². The van der Waals surface area contributed by atoms with E-state index in [2.05, 4.69) is 25.9 Å². The first-order chi connectivity index (χ1) is 10.1. The first kappa shape index (κ1) is 14.0. The van der Waals surface area contributed by atoms with Crippen LogP contribution in [0, 0.1) is 0 Å². The van der Waals surface area contributed by atoms with E-state index in [0.717, 1.165) is 25.3 Å². The molecule has 0 bridgehead atoms. The molecule has 0 fully saturated rings. The van der Waals surface area contributed by atoms with Crippen LogP contribution in [0.25, 0.3) is 11.0 Å². The van der Waals surface area contributed by atoms with Crippen LogP contribution in [-0.2, 0) is 0 Å². The number of fused-ring (bicyclic) bond motifs is 1. The zero-order chi connectivity index (χ0) is 14.8. The lowest BCUT2D eigenvalue weighted by Gasteiger charge is -2.05. The molecule has 2 aromatic heterocycles. The first-order valence-corrected chi connectivity index (χ1v) is 7.66. The van der Waals surface area contributed by atoms with Crippen molar-refractivity contribution in [3.63, 3.8) is 0 Å². The summed E-state index contributed by atoms with van der Waals surface area (Å²) in [7, 11) is 0. The number of carboxylic acids is 1. The van der Waals surface area contributed by atoms with Gasteiger partial charge in [-0.2, -0.15) is 0 Å². The van der Waals surface area contributed by atoms with Crippen LogP contribution in [0.2, 0.25) is 0 Å². The number of pyridine rings is 2. The van der Waals surface area contributed by atoms with Gasteiger partial charge in [-0.3, -0.25) is 9.97 Å². The summed E-state index contributed by atoms with van der Waals surface area (Å²) in [4.78, 5) is 21.5. The fraction of sp³-hybridized carbons (Fsp3) is 0. The molecule has 0 aliphatic carbocycles. The Balaban J connectivity index is 1.96. The number of rotatable bonds is 3. The van der Waals surface area contributed by atoms with E-state index in [9.17, 15) is 4.79 Å². The lowest BCUT2D eigenvalue weighted by Crippen LogP contribution is -1.94. The van der Waals surface area contributed by atoms with Gasteiger partial charge in [-0.05, 0) is 52.3 Å². The number of halogens is 1. The molecule has 0 aliphatic heterocycles. The van der Waals surface area contributed by atoms with Crippen LogP contribution >= 0.6 is 27.7 Å². The van der Waals surface area contributed by atoms with Crippen LogP contribution in [0.15, 0.2) is 63.1 Å². The molecule has 3 rings (SSSR count). The van der Waals surface area contributed by atoms with Crippen LogP contribution < -0.4 is 0 Å². The van der Waals surface area contributed by atoms with Crippen molar-refractivity contribution in [3.05, 3.63) is 58.8 Å². The Labute approximate surface area is 133 Å². The van der Waals surface area contributed by atoms with E-state index in [1.165, 1.54) is 11.8 Å². The van der Waals surface area contributed by atoms with Gasteiger partial charge in [-0.1, -0.05) is 11.8 Å². The van der Waals surface area contributed by atoms with Crippen molar-refractivity contribution in [2.45, 2.75) is 9.79 Å². The van der Waals surface area contributed by atoms with Gasteiger partial charge in [-0.25, -0.2) is 4.79 Å². The minimum absolute atomic E-state index is 0.279. The lowest BCUT2D eigenvalue weighted by molar-refractivity contribution is 0.0697. The summed E-state index contributed by atoms with van der Waals surface area (Å²) in [6.07, 6.45) is 3.48. The second-order valence-electron chi connectivity index (χ2n) is 4.26. The van der Waals surface area contributed by atoms with Crippen LogP contribution in [0.3, 0.4) is 0 Å². The number of nitrogens with zero attached hydrogens (tertiary/aromatic N) is 2. The molecule has 4 nitrogen and oxygen atoms in total.